The van der Waals surface area contributed by atoms with E-state index in [1.807, 2.05) is 29.2 Å². The van der Waals surface area contributed by atoms with Gasteiger partial charge in [-0.2, -0.15) is 0 Å². The molecule has 0 aliphatic carbocycles. The van der Waals surface area contributed by atoms with Crippen LogP contribution in [0.15, 0.2) is 48.5 Å². The van der Waals surface area contributed by atoms with Crippen LogP contribution in [0.4, 0.5) is 5.69 Å². The highest BCUT2D eigenvalue weighted by Crippen LogP contribution is 2.22. The van der Waals surface area contributed by atoms with E-state index < -0.39 is 0 Å². The number of anilines is 1. The Morgan fingerprint density at radius 1 is 1.23 bits per heavy atom. The van der Waals surface area contributed by atoms with Gasteiger partial charge in [-0.05, 0) is 43.2 Å². The van der Waals surface area contributed by atoms with Crippen LogP contribution < -0.4 is 10.5 Å². The molecule has 1 atom stereocenters. The molecule has 3 rings (SSSR count). The Labute approximate surface area is 160 Å². The molecule has 2 N–H and O–H groups in total. The van der Waals surface area contributed by atoms with E-state index in [2.05, 4.69) is 0 Å². The minimum atomic E-state index is -0.0265. The van der Waals surface area contributed by atoms with Gasteiger partial charge in [-0.3, -0.25) is 4.79 Å². The maximum absolute atomic E-state index is 13.0. The number of halogens is 1. The number of ether oxygens (including phenoxy) is 2. The van der Waals surface area contributed by atoms with E-state index in [1.54, 1.807) is 31.4 Å². The number of carbonyl (C=O) groups is 1. The van der Waals surface area contributed by atoms with Gasteiger partial charge in [-0.25, -0.2) is 0 Å². The molecule has 140 valence electrons. The lowest BCUT2D eigenvalue weighted by Crippen LogP contribution is -2.37. The van der Waals surface area contributed by atoms with Crippen molar-refractivity contribution in [3.8, 4) is 5.75 Å². The molecule has 0 spiro atoms. The number of hydrogen-bond acceptors (Lipinski definition) is 4. The minimum absolute atomic E-state index is 0. The van der Waals surface area contributed by atoms with Gasteiger partial charge < -0.3 is 20.1 Å². The number of nitrogens with zero attached hydrogens (tertiary/aromatic N) is 1. The van der Waals surface area contributed by atoms with Gasteiger partial charge in [0.25, 0.3) is 5.91 Å². The first-order valence-corrected chi connectivity index (χ1v) is 8.55. The summed E-state index contributed by atoms with van der Waals surface area (Å²) in [6.45, 7) is 1.82. The molecule has 2 aromatic carbocycles. The number of rotatable bonds is 6. The van der Waals surface area contributed by atoms with Gasteiger partial charge >= 0.3 is 0 Å². The fourth-order valence-corrected chi connectivity index (χ4v) is 3.10. The van der Waals surface area contributed by atoms with Crippen LogP contribution in [0.25, 0.3) is 0 Å². The Morgan fingerprint density at radius 3 is 2.62 bits per heavy atom. The second-order valence-electron chi connectivity index (χ2n) is 6.25. The SMILES string of the molecule is COc1ccccc1CN(CC1CCCO1)C(=O)c1ccc(N)cc1.Cl. The minimum Gasteiger partial charge on any atom is -0.496 e. The summed E-state index contributed by atoms with van der Waals surface area (Å²) in [6.07, 6.45) is 2.12. The Hall–Kier alpha value is -2.24. The van der Waals surface area contributed by atoms with Gasteiger partial charge in [0.05, 0.1) is 13.2 Å². The third-order valence-corrected chi connectivity index (χ3v) is 4.45. The van der Waals surface area contributed by atoms with Crippen molar-refractivity contribution in [1.82, 2.24) is 4.90 Å². The molecular weight excluding hydrogens is 352 g/mol. The van der Waals surface area contributed by atoms with Crippen LogP contribution in [-0.2, 0) is 11.3 Å². The topological polar surface area (TPSA) is 64.8 Å². The van der Waals surface area contributed by atoms with Gasteiger partial charge in [0.15, 0.2) is 0 Å². The highest BCUT2D eigenvalue weighted by molar-refractivity contribution is 5.94. The first-order valence-electron chi connectivity index (χ1n) is 8.55. The summed E-state index contributed by atoms with van der Waals surface area (Å²) in [5.74, 6) is 0.756. The largest absolute Gasteiger partial charge is 0.496 e. The van der Waals surface area contributed by atoms with E-state index in [-0.39, 0.29) is 24.4 Å². The number of carbonyl (C=O) groups excluding carboxylic acids is 1. The van der Waals surface area contributed by atoms with Gasteiger partial charge in [0, 0.05) is 36.5 Å². The van der Waals surface area contributed by atoms with Crippen molar-refractivity contribution in [1.29, 1.82) is 0 Å². The highest BCUT2D eigenvalue weighted by Gasteiger charge is 2.24. The lowest BCUT2D eigenvalue weighted by Gasteiger charge is -2.26. The van der Waals surface area contributed by atoms with Crippen LogP contribution in [0.1, 0.15) is 28.8 Å². The molecule has 0 bridgehead atoms. The number of nitrogen functional groups attached to an aromatic ring is 1. The maximum atomic E-state index is 13.0. The molecule has 1 saturated heterocycles. The predicted octanol–water partition coefficient (Wildman–Crippen LogP) is 3.52. The molecule has 1 aliphatic heterocycles. The van der Waals surface area contributed by atoms with E-state index in [9.17, 15) is 4.79 Å². The van der Waals surface area contributed by atoms with Crippen molar-refractivity contribution in [2.75, 3.05) is 26.0 Å². The highest BCUT2D eigenvalue weighted by atomic mass is 35.5. The molecule has 0 aromatic heterocycles. The molecular formula is C20H25ClN2O3. The lowest BCUT2D eigenvalue weighted by atomic mass is 10.1. The molecule has 1 unspecified atom stereocenters. The van der Waals surface area contributed by atoms with Crippen molar-refractivity contribution >= 4 is 24.0 Å². The van der Waals surface area contributed by atoms with Gasteiger partial charge in [0.1, 0.15) is 5.75 Å². The van der Waals surface area contributed by atoms with Crippen LogP contribution >= 0.6 is 12.4 Å². The Bertz CT molecular complexity index is 715. The zero-order chi connectivity index (χ0) is 17.6. The summed E-state index contributed by atoms with van der Waals surface area (Å²) in [5, 5.41) is 0. The molecule has 1 fully saturated rings. The number of hydrogen-bond donors (Lipinski definition) is 1. The van der Waals surface area contributed by atoms with Crippen LogP contribution in [0.5, 0.6) is 5.75 Å². The number of benzene rings is 2. The quantitative estimate of drug-likeness (QED) is 0.783. The van der Waals surface area contributed by atoms with Crippen molar-refractivity contribution in [3.63, 3.8) is 0 Å². The lowest BCUT2D eigenvalue weighted by molar-refractivity contribution is 0.0505. The average Bonchev–Trinajstić information content (AvgIpc) is 3.15. The summed E-state index contributed by atoms with van der Waals surface area (Å²) in [7, 11) is 1.64. The van der Waals surface area contributed by atoms with Gasteiger partial charge in [-0.1, -0.05) is 18.2 Å². The molecule has 0 saturated carbocycles. The fraction of sp³-hybridized carbons (Fsp3) is 0.350. The third kappa shape index (κ3) is 4.90. The number of para-hydroxylation sites is 1. The zero-order valence-corrected chi connectivity index (χ0v) is 15.7. The molecule has 2 aromatic rings. The summed E-state index contributed by atoms with van der Waals surface area (Å²) in [6, 6.07) is 14.8. The smallest absolute Gasteiger partial charge is 0.254 e. The van der Waals surface area contributed by atoms with Crippen molar-refractivity contribution in [2.45, 2.75) is 25.5 Å². The molecule has 1 heterocycles. The molecule has 0 radical (unpaired) electrons. The van der Waals surface area contributed by atoms with Crippen LogP contribution in [0, 0.1) is 0 Å². The first-order chi connectivity index (χ1) is 12.2. The van der Waals surface area contributed by atoms with Crippen LogP contribution in [-0.4, -0.2) is 37.2 Å². The zero-order valence-electron chi connectivity index (χ0n) is 14.9. The maximum Gasteiger partial charge on any atom is 0.254 e. The van der Waals surface area contributed by atoms with Crippen molar-refractivity contribution in [2.24, 2.45) is 0 Å². The van der Waals surface area contributed by atoms with E-state index in [1.165, 1.54) is 0 Å². The van der Waals surface area contributed by atoms with Crippen molar-refractivity contribution in [3.05, 3.63) is 59.7 Å². The monoisotopic (exact) mass is 376 g/mol. The second-order valence-corrected chi connectivity index (χ2v) is 6.25. The predicted molar refractivity (Wildman–Crippen MR) is 105 cm³/mol. The Morgan fingerprint density at radius 2 is 1.96 bits per heavy atom. The molecule has 6 heteroatoms. The molecule has 1 aliphatic rings. The summed E-state index contributed by atoms with van der Waals surface area (Å²) >= 11 is 0. The van der Waals surface area contributed by atoms with E-state index in [4.69, 9.17) is 15.2 Å². The average molecular weight is 377 g/mol. The standard InChI is InChI=1S/C20H24N2O3.ClH/c1-24-19-7-3-2-5-16(19)13-22(14-18-6-4-12-25-18)20(23)15-8-10-17(21)11-9-15;/h2-3,5,7-11,18H,4,6,12-14,21H2,1H3;1H. The summed E-state index contributed by atoms with van der Waals surface area (Å²) in [4.78, 5) is 14.9. The normalized spacial score (nSPS) is 16.0. The Kier molecular flexibility index (Phi) is 7.30. The van der Waals surface area contributed by atoms with E-state index in [0.717, 1.165) is 30.8 Å². The summed E-state index contributed by atoms with van der Waals surface area (Å²) < 4.78 is 11.2. The summed E-state index contributed by atoms with van der Waals surface area (Å²) in [5.41, 5.74) is 7.99. The number of methoxy groups -OCH3 is 1. The van der Waals surface area contributed by atoms with E-state index in [0.29, 0.717) is 24.3 Å². The molecule has 1 amide bonds. The van der Waals surface area contributed by atoms with E-state index >= 15 is 0 Å². The van der Waals surface area contributed by atoms with Crippen LogP contribution in [0.2, 0.25) is 0 Å². The molecule has 26 heavy (non-hydrogen) atoms. The van der Waals surface area contributed by atoms with Gasteiger partial charge in [0.2, 0.25) is 0 Å². The fourth-order valence-electron chi connectivity index (χ4n) is 3.10. The number of nitrogens with two attached hydrogens (primary N) is 1. The second kappa shape index (κ2) is 9.46. The third-order valence-electron chi connectivity index (χ3n) is 4.45. The van der Waals surface area contributed by atoms with Gasteiger partial charge in [-0.15, -0.1) is 12.4 Å². The number of amides is 1. The first kappa shape index (κ1) is 20.1. The molecule has 5 nitrogen and oxygen atoms in total. The van der Waals surface area contributed by atoms with Crippen molar-refractivity contribution < 1.29 is 14.3 Å². The van der Waals surface area contributed by atoms with Crippen LogP contribution in [0.3, 0.4) is 0 Å². The Balaban J connectivity index is 0.00000243.